The van der Waals surface area contributed by atoms with E-state index in [2.05, 4.69) is 18.9 Å². The number of nitrogens with zero attached hydrogens (tertiary/aromatic N) is 3. The number of carbonyl (C=O) groups is 2. The average Bonchev–Trinajstić information content (AvgIpc) is 3.17. The molecule has 164 valence electrons. The number of hydrogen-bond donors (Lipinski definition) is 0. The highest BCUT2D eigenvalue weighted by Crippen LogP contribution is 2.41. The first kappa shape index (κ1) is 22.5. The smallest absolute Gasteiger partial charge is 0.254 e. The molecule has 2 aliphatic heterocycles. The summed E-state index contributed by atoms with van der Waals surface area (Å²) in [5, 5.41) is 0. The van der Waals surface area contributed by atoms with Crippen molar-refractivity contribution in [1.82, 2.24) is 14.1 Å². The molecule has 3 rings (SSSR count). The molecule has 0 radical (unpaired) electrons. The van der Waals surface area contributed by atoms with Gasteiger partial charge in [-0.1, -0.05) is 32.9 Å². The third kappa shape index (κ3) is 4.16. The van der Waals surface area contributed by atoms with Crippen LogP contribution in [0.5, 0.6) is 0 Å². The minimum Gasteiger partial charge on any atom is -0.325 e. The Hall–Kier alpha value is -2.19. The quantitative estimate of drug-likeness (QED) is 0.659. The molecule has 1 aromatic rings. The standard InChI is InChI=1S/C22H31N3O4S/c1-6-12-23(4)14-16-7-9-17(10-8-16)21(26)24-13-11-18-20(24)19(15(2)3)22(27)25(18)30(5,28)29/h7-11,15,19-20H,6,12-14H2,1-5H3/t19-,20+/m1/s1. The van der Waals surface area contributed by atoms with Gasteiger partial charge in [0.15, 0.2) is 0 Å². The third-order valence-corrected chi connectivity index (χ3v) is 6.82. The van der Waals surface area contributed by atoms with Crippen molar-refractivity contribution in [2.24, 2.45) is 11.8 Å². The molecule has 2 aliphatic rings. The van der Waals surface area contributed by atoms with Crippen LogP contribution in [0.4, 0.5) is 0 Å². The number of benzene rings is 1. The molecule has 8 heteroatoms. The van der Waals surface area contributed by atoms with Gasteiger partial charge in [0.1, 0.15) is 0 Å². The first-order valence-corrected chi connectivity index (χ1v) is 12.2. The van der Waals surface area contributed by atoms with Crippen LogP contribution in [-0.4, -0.2) is 66.8 Å². The fourth-order valence-electron chi connectivity index (χ4n) is 4.47. The van der Waals surface area contributed by atoms with Crippen molar-refractivity contribution in [3.8, 4) is 0 Å². The second kappa shape index (κ2) is 8.51. The molecule has 1 saturated heterocycles. The zero-order valence-electron chi connectivity index (χ0n) is 18.3. The van der Waals surface area contributed by atoms with Crippen LogP contribution in [0.1, 0.15) is 43.1 Å². The summed E-state index contributed by atoms with van der Waals surface area (Å²) >= 11 is 0. The van der Waals surface area contributed by atoms with E-state index in [1.54, 1.807) is 11.0 Å². The van der Waals surface area contributed by atoms with Gasteiger partial charge in [-0.2, -0.15) is 0 Å². The van der Waals surface area contributed by atoms with Crippen molar-refractivity contribution in [2.75, 3.05) is 26.4 Å². The van der Waals surface area contributed by atoms with Crippen molar-refractivity contribution in [1.29, 1.82) is 0 Å². The Bertz CT molecular complexity index is 953. The Kier molecular flexibility index (Phi) is 6.38. The minimum absolute atomic E-state index is 0.0949. The normalized spacial score (nSPS) is 21.6. The van der Waals surface area contributed by atoms with Gasteiger partial charge in [0.05, 0.1) is 23.9 Å². The largest absolute Gasteiger partial charge is 0.325 e. The van der Waals surface area contributed by atoms with Gasteiger partial charge in [-0.05, 0) is 49.7 Å². The lowest BCUT2D eigenvalue weighted by molar-refractivity contribution is -0.128. The van der Waals surface area contributed by atoms with Crippen molar-refractivity contribution in [3.63, 3.8) is 0 Å². The predicted octanol–water partition coefficient (Wildman–Crippen LogP) is 2.31. The second-order valence-corrected chi connectivity index (χ2v) is 10.4. The van der Waals surface area contributed by atoms with Gasteiger partial charge in [-0.3, -0.25) is 9.59 Å². The summed E-state index contributed by atoms with van der Waals surface area (Å²) in [5.41, 5.74) is 2.08. The molecule has 7 nitrogen and oxygen atoms in total. The predicted molar refractivity (Wildman–Crippen MR) is 116 cm³/mol. The van der Waals surface area contributed by atoms with Crippen LogP contribution < -0.4 is 0 Å². The monoisotopic (exact) mass is 433 g/mol. The topological polar surface area (TPSA) is 78.0 Å². The summed E-state index contributed by atoms with van der Waals surface area (Å²) in [4.78, 5) is 30.0. The van der Waals surface area contributed by atoms with Crippen molar-refractivity contribution in [3.05, 3.63) is 47.2 Å². The lowest BCUT2D eigenvalue weighted by atomic mass is 9.89. The van der Waals surface area contributed by atoms with E-state index in [4.69, 9.17) is 0 Å². The lowest BCUT2D eigenvalue weighted by Gasteiger charge is -2.29. The summed E-state index contributed by atoms with van der Waals surface area (Å²) < 4.78 is 25.4. The second-order valence-electron chi connectivity index (χ2n) is 8.60. The van der Waals surface area contributed by atoms with E-state index < -0.39 is 27.9 Å². The molecule has 1 aromatic carbocycles. The molecule has 0 aromatic heterocycles. The number of fused-ring (bicyclic) bond motifs is 1. The molecule has 0 bridgehead atoms. The Labute approximate surface area is 179 Å². The SMILES string of the molecule is CCCN(C)Cc1ccc(C(=O)N2CC=C3[C@H]2[C@@H](C(C)C)C(=O)N3S(C)(=O)=O)cc1. The Morgan fingerprint density at radius 1 is 1.23 bits per heavy atom. The lowest BCUT2D eigenvalue weighted by Crippen LogP contribution is -2.42. The fraction of sp³-hybridized carbons (Fsp3) is 0.545. The van der Waals surface area contributed by atoms with Gasteiger partial charge < -0.3 is 9.80 Å². The Morgan fingerprint density at radius 3 is 2.40 bits per heavy atom. The molecule has 0 aliphatic carbocycles. The van der Waals surface area contributed by atoms with E-state index in [1.807, 2.05) is 38.1 Å². The summed E-state index contributed by atoms with van der Waals surface area (Å²) in [7, 11) is -1.67. The Balaban J connectivity index is 1.83. The maximum atomic E-state index is 13.3. The van der Waals surface area contributed by atoms with Gasteiger partial charge in [0.2, 0.25) is 15.9 Å². The maximum absolute atomic E-state index is 13.3. The van der Waals surface area contributed by atoms with Crippen LogP contribution in [0.2, 0.25) is 0 Å². The zero-order valence-corrected chi connectivity index (χ0v) is 19.1. The molecular formula is C22H31N3O4S. The molecule has 2 amide bonds. The molecule has 2 heterocycles. The Morgan fingerprint density at radius 2 is 1.87 bits per heavy atom. The molecule has 2 atom stereocenters. The van der Waals surface area contributed by atoms with E-state index in [9.17, 15) is 18.0 Å². The van der Waals surface area contributed by atoms with Crippen molar-refractivity contribution < 1.29 is 18.0 Å². The van der Waals surface area contributed by atoms with Crippen LogP contribution in [0.3, 0.4) is 0 Å². The molecular weight excluding hydrogens is 402 g/mol. The fourth-order valence-corrected chi connectivity index (χ4v) is 5.48. The van der Waals surface area contributed by atoms with Gasteiger partial charge in [-0.15, -0.1) is 0 Å². The van der Waals surface area contributed by atoms with Crippen molar-refractivity contribution in [2.45, 2.75) is 39.8 Å². The van der Waals surface area contributed by atoms with Gasteiger partial charge in [-0.25, -0.2) is 12.7 Å². The third-order valence-electron chi connectivity index (χ3n) is 5.77. The van der Waals surface area contributed by atoms with Gasteiger partial charge >= 0.3 is 0 Å². The number of amides is 2. The number of carbonyl (C=O) groups excluding carboxylic acids is 2. The summed E-state index contributed by atoms with van der Waals surface area (Å²) in [6, 6.07) is 6.98. The van der Waals surface area contributed by atoms with Gasteiger partial charge in [0.25, 0.3) is 5.91 Å². The molecule has 0 N–H and O–H groups in total. The summed E-state index contributed by atoms with van der Waals surface area (Å²) in [6.45, 7) is 8.02. The highest BCUT2D eigenvalue weighted by Gasteiger charge is 2.54. The van der Waals surface area contributed by atoms with E-state index in [-0.39, 0.29) is 11.8 Å². The number of sulfonamides is 1. The average molecular weight is 434 g/mol. The molecule has 0 spiro atoms. The van der Waals surface area contributed by atoms with E-state index in [0.29, 0.717) is 17.8 Å². The van der Waals surface area contributed by atoms with Crippen LogP contribution in [0, 0.1) is 11.8 Å². The molecule has 30 heavy (non-hydrogen) atoms. The van der Waals surface area contributed by atoms with Crippen LogP contribution >= 0.6 is 0 Å². The first-order chi connectivity index (χ1) is 14.1. The first-order valence-electron chi connectivity index (χ1n) is 10.4. The molecule has 0 unspecified atom stereocenters. The van der Waals surface area contributed by atoms with E-state index >= 15 is 0 Å². The molecule has 1 fully saturated rings. The van der Waals surface area contributed by atoms with E-state index in [1.165, 1.54) is 0 Å². The van der Waals surface area contributed by atoms with Crippen LogP contribution in [-0.2, 0) is 21.4 Å². The highest BCUT2D eigenvalue weighted by molar-refractivity contribution is 7.89. The zero-order chi connectivity index (χ0) is 22.2. The minimum atomic E-state index is -3.74. The summed E-state index contributed by atoms with van der Waals surface area (Å²) in [6.07, 6.45) is 3.81. The van der Waals surface area contributed by atoms with Gasteiger partial charge in [0, 0.05) is 18.7 Å². The highest BCUT2D eigenvalue weighted by atomic mass is 32.2. The number of hydrogen-bond acceptors (Lipinski definition) is 5. The van der Waals surface area contributed by atoms with Crippen LogP contribution in [0.15, 0.2) is 36.0 Å². The number of rotatable bonds is 7. The maximum Gasteiger partial charge on any atom is 0.254 e. The van der Waals surface area contributed by atoms with Crippen molar-refractivity contribution >= 4 is 21.8 Å². The van der Waals surface area contributed by atoms with Crippen LogP contribution in [0.25, 0.3) is 0 Å². The summed E-state index contributed by atoms with van der Waals surface area (Å²) in [5.74, 6) is -1.30. The van der Waals surface area contributed by atoms with E-state index in [0.717, 1.165) is 35.6 Å². The molecule has 0 saturated carbocycles.